The fraction of sp³-hybridized carbons (Fsp3) is 0.125. The van der Waals surface area contributed by atoms with Crippen LogP contribution in [-0.4, -0.2) is 30.6 Å². The molecule has 0 saturated heterocycles. The van der Waals surface area contributed by atoms with Crippen LogP contribution in [0.25, 0.3) is 16.9 Å². The second-order valence-electron chi connectivity index (χ2n) is 5.32. The van der Waals surface area contributed by atoms with E-state index in [0.29, 0.717) is 34.8 Å². The van der Waals surface area contributed by atoms with Gasteiger partial charge in [0.1, 0.15) is 18.0 Å². The van der Waals surface area contributed by atoms with Crippen molar-refractivity contribution in [1.29, 1.82) is 0 Å². The van der Waals surface area contributed by atoms with Gasteiger partial charge in [-0.3, -0.25) is 4.57 Å². The zero-order valence-corrected chi connectivity index (χ0v) is 12.1. The van der Waals surface area contributed by atoms with Gasteiger partial charge in [-0.25, -0.2) is 24.1 Å². The van der Waals surface area contributed by atoms with Gasteiger partial charge in [-0.2, -0.15) is 0 Å². The molecule has 3 aromatic rings. The smallest absolute Gasteiger partial charge is 0.354 e. The number of aryl methyl sites for hydroxylation is 1. The van der Waals surface area contributed by atoms with E-state index in [0.717, 1.165) is 5.69 Å². The number of nitrogens with zero attached hydrogens (tertiary/aromatic N) is 4. The maximum absolute atomic E-state index is 13.8. The zero-order valence-electron chi connectivity index (χ0n) is 12.1. The summed E-state index contributed by atoms with van der Waals surface area (Å²) in [6.45, 7) is 1.82. The van der Waals surface area contributed by atoms with E-state index in [-0.39, 0.29) is 11.5 Å². The number of benzene rings is 1. The van der Waals surface area contributed by atoms with Crippen molar-refractivity contribution in [3.8, 4) is 16.9 Å². The van der Waals surface area contributed by atoms with E-state index in [2.05, 4.69) is 15.0 Å². The topological polar surface area (TPSA) is 80.9 Å². The molecule has 0 atom stereocenters. The lowest BCUT2D eigenvalue weighted by atomic mass is 10.0. The van der Waals surface area contributed by atoms with Crippen LogP contribution in [0.1, 0.15) is 27.6 Å². The van der Waals surface area contributed by atoms with Gasteiger partial charge in [0.2, 0.25) is 0 Å². The number of carboxylic acid groups (broad SMARTS) is 1. The molecular weight excluding hydrogens is 299 g/mol. The van der Waals surface area contributed by atoms with Gasteiger partial charge in [0.05, 0.1) is 11.4 Å². The third kappa shape index (κ3) is 1.93. The van der Waals surface area contributed by atoms with E-state index in [1.165, 1.54) is 18.5 Å². The highest BCUT2D eigenvalue weighted by atomic mass is 19.1. The Hall–Kier alpha value is -3.09. The second-order valence-corrected chi connectivity index (χ2v) is 5.32. The maximum atomic E-state index is 13.8. The molecule has 0 unspecified atom stereocenters. The first-order valence-corrected chi connectivity index (χ1v) is 6.97. The minimum Gasteiger partial charge on any atom is -0.476 e. The number of imidazole rings is 1. The van der Waals surface area contributed by atoms with E-state index < -0.39 is 5.97 Å². The van der Waals surface area contributed by atoms with E-state index in [4.69, 9.17) is 0 Å². The van der Waals surface area contributed by atoms with Gasteiger partial charge in [-0.05, 0) is 25.1 Å². The van der Waals surface area contributed by atoms with Crippen LogP contribution in [-0.2, 0) is 6.42 Å². The number of rotatable bonds is 1. The van der Waals surface area contributed by atoms with Crippen LogP contribution in [0.4, 0.5) is 4.39 Å². The molecule has 0 aliphatic carbocycles. The van der Waals surface area contributed by atoms with Crippen molar-refractivity contribution in [2.24, 2.45) is 0 Å². The van der Waals surface area contributed by atoms with E-state index in [9.17, 15) is 14.3 Å². The Morgan fingerprint density at radius 3 is 2.91 bits per heavy atom. The summed E-state index contributed by atoms with van der Waals surface area (Å²) < 4.78 is 15.6. The molecule has 0 spiro atoms. The molecular formula is C16H11FN4O2. The fourth-order valence-corrected chi connectivity index (χ4v) is 3.01. The van der Waals surface area contributed by atoms with Crippen molar-refractivity contribution >= 4 is 5.97 Å². The Kier molecular flexibility index (Phi) is 2.77. The molecule has 6 nitrogen and oxygen atoms in total. The second kappa shape index (κ2) is 4.70. The normalized spacial score (nSPS) is 12.1. The van der Waals surface area contributed by atoms with Crippen LogP contribution < -0.4 is 0 Å². The largest absolute Gasteiger partial charge is 0.476 e. The highest BCUT2D eigenvalue weighted by molar-refractivity contribution is 5.90. The maximum Gasteiger partial charge on any atom is 0.354 e. The van der Waals surface area contributed by atoms with Gasteiger partial charge >= 0.3 is 5.97 Å². The molecule has 0 amide bonds. The van der Waals surface area contributed by atoms with Crippen LogP contribution in [0.5, 0.6) is 0 Å². The van der Waals surface area contributed by atoms with Crippen molar-refractivity contribution in [2.45, 2.75) is 13.3 Å². The Morgan fingerprint density at radius 2 is 2.13 bits per heavy atom. The van der Waals surface area contributed by atoms with Crippen molar-refractivity contribution in [3.63, 3.8) is 0 Å². The van der Waals surface area contributed by atoms with Gasteiger partial charge in [-0.15, -0.1) is 0 Å². The molecule has 23 heavy (non-hydrogen) atoms. The molecule has 0 bridgehead atoms. The highest BCUT2D eigenvalue weighted by Gasteiger charge is 2.26. The van der Waals surface area contributed by atoms with Gasteiger partial charge in [0.15, 0.2) is 5.69 Å². The van der Waals surface area contributed by atoms with E-state index >= 15 is 0 Å². The Morgan fingerprint density at radius 1 is 1.30 bits per heavy atom. The third-order valence-corrected chi connectivity index (χ3v) is 3.97. The van der Waals surface area contributed by atoms with Crippen molar-refractivity contribution < 1.29 is 14.3 Å². The molecule has 0 fully saturated rings. The lowest BCUT2D eigenvalue weighted by molar-refractivity contribution is 0.0689. The zero-order chi connectivity index (χ0) is 16.1. The summed E-state index contributed by atoms with van der Waals surface area (Å²) in [4.78, 5) is 23.9. The molecule has 1 aromatic carbocycles. The molecule has 4 rings (SSSR count). The average Bonchev–Trinajstić information content (AvgIpc) is 2.81. The average molecular weight is 310 g/mol. The van der Waals surface area contributed by atoms with Crippen molar-refractivity contribution in [1.82, 2.24) is 19.5 Å². The standard InChI is InChI=1S/C16H11FN4O2/c1-8-18-6-10-5-12-14(19-7-20-15(12)16(22)23)11-3-2-9(17)4-13(11)21(8)10/h2-4,6-7H,5H2,1H3,(H,22,23). The minimum absolute atomic E-state index is 0.0439. The number of aromatic carboxylic acids is 1. The first-order valence-electron chi connectivity index (χ1n) is 6.97. The summed E-state index contributed by atoms with van der Waals surface area (Å²) in [5.74, 6) is -0.791. The first-order chi connectivity index (χ1) is 11.1. The fourth-order valence-electron chi connectivity index (χ4n) is 3.01. The van der Waals surface area contributed by atoms with E-state index in [1.807, 2.05) is 11.5 Å². The predicted octanol–water partition coefficient (Wildman–Crippen LogP) is 2.38. The molecule has 1 N–H and O–H groups in total. The number of aromatic nitrogens is 4. The van der Waals surface area contributed by atoms with Gasteiger partial charge in [0, 0.05) is 29.4 Å². The number of hydrogen-bond donors (Lipinski definition) is 1. The molecule has 0 radical (unpaired) electrons. The summed E-state index contributed by atoms with van der Waals surface area (Å²) in [5.41, 5.74) is 3.00. The van der Waals surface area contributed by atoms with Crippen LogP contribution >= 0.6 is 0 Å². The van der Waals surface area contributed by atoms with Crippen molar-refractivity contribution in [2.75, 3.05) is 0 Å². The SMILES string of the molecule is Cc1ncc2n1-c1cc(F)ccc1-c1ncnc(C(=O)O)c1C2. The monoisotopic (exact) mass is 310 g/mol. The summed E-state index contributed by atoms with van der Waals surface area (Å²) >= 11 is 0. The van der Waals surface area contributed by atoms with Crippen LogP contribution in [0.3, 0.4) is 0 Å². The lowest BCUT2D eigenvalue weighted by Gasteiger charge is -2.11. The summed E-state index contributed by atoms with van der Waals surface area (Å²) in [6, 6.07) is 4.35. The Labute approximate surface area is 130 Å². The molecule has 7 heteroatoms. The first kappa shape index (κ1) is 13.6. The van der Waals surface area contributed by atoms with Crippen molar-refractivity contribution in [3.05, 3.63) is 59.3 Å². The lowest BCUT2D eigenvalue weighted by Crippen LogP contribution is -2.09. The summed E-state index contributed by atoms with van der Waals surface area (Å²) in [7, 11) is 0. The molecule has 3 heterocycles. The van der Waals surface area contributed by atoms with Crippen LogP contribution in [0, 0.1) is 12.7 Å². The minimum atomic E-state index is -1.11. The number of fused-ring (bicyclic) bond motifs is 5. The number of carbonyl (C=O) groups is 1. The van der Waals surface area contributed by atoms with Gasteiger partial charge < -0.3 is 5.11 Å². The predicted molar refractivity (Wildman–Crippen MR) is 79.1 cm³/mol. The van der Waals surface area contributed by atoms with Gasteiger partial charge in [0.25, 0.3) is 0 Å². The van der Waals surface area contributed by atoms with Gasteiger partial charge in [-0.1, -0.05) is 0 Å². The highest BCUT2D eigenvalue weighted by Crippen LogP contribution is 2.35. The number of hydrogen-bond acceptors (Lipinski definition) is 4. The molecule has 114 valence electrons. The number of halogens is 1. The van der Waals surface area contributed by atoms with Crippen LogP contribution in [0.2, 0.25) is 0 Å². The van der Waals surface area contributed by atoms with E-state index in [1.54, 1.807) is 12.3 Å². The molecule has 1 aliphatic rings. The summed E-state index contributed by atoms with van der Waals surface area (Å²) in [5, 5.41) is 9.41. The summed E-state index contributed by atoms with van der Waals surface area (Å²) in [6.07, 6.45) is 3.20. The molecule has 2 aromatic heterocycles. The molecule has 1 aliphatic heterocycles. The van der Waals surface area contributed by atoms with Crippen LogP contribution in [0.15, 0.2) is 30.7 Å². The number of carboxylic acids is 1. The quantitative estimate of drug-likeness (QED) is 0.584. The Balaban J connectivity index is 2.14. The molecule has 0 saturated carbocycles. The Bertz CT molecular complexity index is 965. The third-order valence-electron chi connectivity index (χ3n) is 3.97.